The van der Waals surface area contributed by atoms with Crippen LogP contribution in [0.1, 0.15) is 41.4 Å². The second-order valence-electron chi connectivity index (χ2n) is 7.69. The molecule has 0 aromatic heterocycles. The number of nitrogens with zero attached hydrogens (tertiary/aromatic N) is 1. The van der Waals surface area contributed by atoms with Crippen molar-refractivity contribution in [1.82, 2.24) is 4.90 Å². The van der Waals surface area contributed by atoms with E-state index in [1.54, 1.807) is 38.5 Å². The number of amides is 1. The number of carbonyl (C=O) groups is 2. The Morgan fingerprint density at radius 2 is 1.68 bits per heavy atom. The van der Waals surface area contributed by atoms with Gasteiger partial charge in [-0.3, -0.25) is 4.79 Å². The molecule has 1 atom stereocenters. The summed E-state index contributed by atoms with van der Waals surface area (Å²) < 4.78 is 21.7. The van der Waals surface area contributed by atoms with Crippen LogP contribution in [0.3, 0.4) is 0 Å². The van der Waals surface area contributed by atoms with E-state index in [1.807, 2.05) is 30.9 Å². The zero-order valence-electron chi connectivity index (χ0n) is 18.6. The van der Waals surface area contributed by atoms with Crippen LogP contribution in [-0.2, 0) is 16.0 Å². The maximum atomic E-state index is 12.9. The van der Waals surface area contributed by atoms with Gasteiger partial charge in [0.05, 0.1) is 32.9 Å². The average Bonchev–Trinajstić information content (AvgIpc) is 2.80. The summed E-state index contributed by atoms with van der Waals surface area (Å²) in [5.74, 6) is 1.45. The van der Waals surface area contributed by atoms with E-state index in [0.29, 0.717) is 29.4 Å². The van der Waals surface area contributed by atoms with E-state index in [4.69, 9.17) is 18.9 Å². The van der Waals surface area contributed by atoms with Gasteiger partial charge in [-0.15, -0.1) is 0 Å². The Bertz CT molecular complexity index is 938. The topological polar surface area (TPSA) is 74.3 Å². The zero-order chi connectivity index (χ0) is 22.5. The lowest BCUT2D eigenvalue weighted by atomic mass is 9.91. The number of rotatable bonds is 7. The molecule has 2 aromatic rings. The van der Waals surface area contributed by atoms with E-state index in [0.717, 1.165) is 17.5 Å². The molecule has 1 aliphatic rings. The Hall–Kier alpha value is -3.22. The van der Waals surface area contributed by atoms with Crippen LogP contribution < -0.4 is 14.2 Å². The lowest BCUT2D eigenvalue weighted by molar-refractivity contribution is -0.138. The van der Waals surface area contributed by atoms with Crippen LogP contribution in [-0.4, -0.2) is 51.3 Å². The van der Waals surface area contributed by atoms with E-state index < -0.39 is 5.97 Å². The van der Waals surface area contributed by atoms with Crippen LogP contribution in [0.2, 0.25) is 0 Å². The Kier molecular flexibility index (Phi) is 7.05. The molecule has 7 nitrogen and oxygen atoms in total. The third kappa shape index (κ3) is 4.76. The summed E-state index contributed by atoms with van der Waals surface area (Å²) in [5.41, 5.74) is 2.55. The predicted octanol–water partition coefficient (Wildman–Crippen LogP) is 3.65. The van der Waals surface area contributed by atoms with Gasteiger partial charge in [0, 0.05) is 12.5 Å². The molecule has 0 bridgehead atoms. The Morgan fingerprint density at radius 1 is 1.03 bits per heavy atom. The molecule has 0 fully saturated rings. The van der Waals surface area contributed by atoms with E-state index in [1.165, 1.54) is 7.11 Å². The highest BCUT2D eigenvalue weighted by atomic mass is 16.5. The fourth-order valence-electron chi connectivity index (χ4n) is 3.78. The highest BCUT2D eigenvalue weighted by Crippen LogP contribution is 2.39. The third-order valence-corrected chi connectivity index (χ3v) is 5.46. The second kappa shape index (κ2) is 9.73. The van der Waals surface area contributed by atoms with Crippen LogP contribution in [0, 0.1) is 5.92 Å². The first-order valence-corrected chi connectivity index (χ1v) is 10.3. The number of benzene rings is 2. The molecular formula is C24H29NO6. The summed E-state index contributed by atoms with van der Waals surface area (Å²) in [6.07, 6.45) is 0.735. The van der Waals surface area contributed by atoms with Crippen molar-refractivity contribution in [2.75, 3.05) is 34.5 Å². The Morgan fingerprint density at radius 3 is 2.26 bits per heavy atom. The molecule has 31 heavy (non-hydrogen) atoms. The van der Waals surface area contributed by atoms with Gasteiger partial charge in [0.2, 0.25) is 5.91 Å². The molecular weight excluding hydrogens is 398 g/mol. The first kappa shape index (κ1) is 22.5. The van der Waals surface area contributed by atoms with Crippen molar-refractivity contribution < 1.29 is 28.5 Å². The van der Waals surface area contributed by atoms with Crippen LogP contribution in [0.15, 0.2) is 36.4 Å². The normalized spacial score (nSPS) is 15.3. The average molecular weight is 427 g/mol. The lowest BCUT2D eigenvalue weighted by Crippen LogP contribution is -2.44. The summed E-state index contributed by atoms with van der Waals surface area (Å²) in [5, 5.41) is 0. The molecule has 0 radical (unpaired) electrons. The van der Waals surface area contributed by atoms with Crippen LogP contribution in [0.5, 0.6) is 17.2 Å². The van der Waals surface area contributed by atoms with Crippen molar-refractivity contribution in [2.45, 2.75) is 26.3 Å². The predicted molar refractivity (Wildman–Crippen MR) is 116 cm³/mol. The highest BCUT2D eigenvalue weighted by Gasteiger charge is 2.33. The molecule has 0 aliphatic carbocycles. The number of ether oxygens (including phenoxy) is 4. The van der Waals surface area contributed by atoms with Crippen molar-refractivity contribution in [1.29, 1.82) is 0 Å². The van der Waals surface area contributed by atoms with E-state index in [2.05, 4.69) is 0 Å². The maximum Gasteiger partial charge on any atom is 0.337 e. The third-order valence-electron chi connectivity index (χ3n) is 5.46. The molecule has 0 saturated carbocycles. The smallest absolute Gasteiger partial charge is 0.337 e. The van der Waals surface area contributed by atoms with E-state index >= 15 is 0 Å². The van der Waals surface area contributed by atoms with Crippen molar-refractivity contribution >= 4 is 11.9 Å². The van der Waals surface area contributed by atoms with Crippen LogP contribution >= 0.6 is 0 Å². The van der Waals surface area contributed by atoms with Crippen molar-refractivity contribution in [3.05, 3.63) is 53.1 Å². The van der Waals surface area contributed by atoms with Crippen LogP contribution in [0.4, 0.5) is 0 Å². The van der Waals surface area contributed by atoms with Gasteiger partial charge in [-0.05, 0) is 53.9 Å². The number of hydrogen-bond acceptors (Lipinski definition) is 6. The molecule has 1 amide bonds. The number of carbonyl (C=O) groups excluding carboxylic acids is 2. The molecule has 0 unspecified atom stereocenters. The molecule has 7 heteroatoms. The number of hydrogen-bond donors (Lipinski definition) is 0. The molecule has 3 rings (SSSR count). The van der Waals surface area contributed by atoms with Gasteiger partial charge < -0.3 is 23.8 Å². The van der Waals surface area contributed by atoms with Gasteiger partial charge in [-0.1, -0.05) is 13.8 Å². The fourth-order valence-corrected chi connectivity index (χ4v) is 3.78. The monoisotopic (exact) mass is 427 g/mol. The standard InChI is InChI=1S/C24H29NO6/c1-15(2)23(26)25-11-10-17-12-21(28-3)22(29-4)13-19(17)20(25)14-31-18-8-6-16(7-9-18)24(27)30-5/h6-9,12-13,15,20H,10-11,14H2,1-5H3/t20-/m0/s1. The minimum absolute atomic E-state index is 0.0788. The zero-order valence-corrected chi connectivity index (χ0v) is 18.6. The fraction of sp³-hybridized carbons (Fsp3) is 0.417. The molecule has 0 spiro atoms. The van der Waals surface area contributed by atoms with Gasteiger partial charge >= 0.3 is 5.97 Å². The minimum atomic E-state index is -0.400. The Labute approximate surface area is 182 Å². The highest BCUT2D eigenvalue weighted by molar-refractivity contribution is 5.89. The summed E-state index contributed by atoms with van der Waals surface area (Å²) >= 11 is 0. The lowest BCUT2D eigenvalue weighted by Gasteiger charge is -2.38. The van der Waals surface area contributed by atoms with E-state index in [9.17, 15) is 9.59 Å². The quantitative estimate of drug-likeness (QED) is 0.628. The first-order chi connectivity index (χ1) is 14.9. The van der Waals surface area contributed by atoms with Gasteiger partial charge in [0.25, 0.3) is 0 Å². The largest absolute Gasteiger partial charge is 0.493 e. The number of fused-ring (bicyclic) bond motifs is 1. The van der Waals surface area contributed by atoms with Gasteiger partial charge in [0.15, 0.2) is 11.5 Å². The van der Waals surface area contributed by atoms with Crippen molar-refractivity contribution in [3.8, 4) is 17.2 Å². The second-order valence-corrected chi connectivity index (χ2v) is 7.69. The summed E-state index contributed by atoms with van der Waals surface area (Å²) in [4.78, 5) is 26.4. The van der Waals surface area contributed by atoms with Crippen LogP contribution in [0.25, 0.3) is 0 Å². The van der Waals surface area contributed by atoms with Gasteiger partial charge in [-0.25, -0.2) is 4.79 Å². The maximum absolute atomic E-state index is 12.9. The number of esters is 1. The summed E-state index contributed by atoms with van der Waals surface area (Å²) in [7, 11) is 4.55. The molecule has 1 heterocycles. The molecule has 0 N–H and O–H groups in total. The first-order valence-electron chi connectivity index (χ1n) is 10.3. The Balaban J connectivity index is 1.90. The molecule has 0 saturated heterocycles. The molecule has 1 aliphatic heterocycles. The minimum Gasteiger partial charge on any atom is -0.493 e. The van der Waals surface area contributed by atoms with Gasteiger partial charge in [-0.2, -0.15) is 0 Å². The van der Waals surface area contributed by atoms with E-state index in [-0.39, 0.29) is 24.5 Å². The van der Waals surface area contributed by atoms with Gasteiger partial charge in [0.1, 0.15) is 12.4 Å². The molecule has 166 valence electrons. The molecule has 2 aromatic carbocycles. The summed E-state index contributed by atoms with van der Waals surface area (Å²) in [6.45, 7) is 4.68. The SMILES string of the molecule is COC(=O)c1ccc(OC[C@H]2c3cc(OC)c(OC)cc3CCN2C(=O)C(C)C)cc1. The van der Waals surface area contributed by atoms with Crippen molar-refractivity contribution in [3.63, 3.8) is 0 Å². The van der Waals surface area contributed by atoms with Crippen molar-refractivity contribution in [2.24, 2.45) is 5.92 Å². The summed E-state index contributed by atoms with van der Waals surface area (Å²) in [6, 6.07) is 10.4. The number of methoxy groups -OCH3 is 3.